The molecule has 1 aromatic rings. The average Bonchev–Trinajstić information content (AvgIpc) is 3.09. The minimum atomic E-state index is -0.678. The summed E-state index contributed by atoms with van der Waals surface area (Å²) >= 11 is 0. The lowest BCUT2D eigenvalue weighted by atomic mass is 9.70. The number of hydrogen-bond acceptors (Lipinski definition) is 3. The molecule has 3 fully saturated rings. The zero-order chi connectivity index (χ0) is 17.8. The van der Waals surface area contributed by atoms with Crippen LogP contribution in [-0.4, -0.2) is 29.4 Å². The number of Topliss-reactive ketones (excluding diaryl/α,β-unsaturated/α-hetero) is 1. The van der Waals surface area contributed by atoms with Crippen LogP contribution in [0, 0.1) is 20.8 Å². The first kappa shape index (κ1) is 16.8. The number of carbonyl (C=O) groups is 2. The fourth-order valence-electron chi connectivity index (χ4n) is 5.33. The Balaban J connectivity index is 1.63. The van der Waals surface area contributed by atoms with Gasteiger partial charge in [-0.15, -0.1) is 0 Å². The molecule has 2 aliphatic heterocycles. The first-order valence-electron chi connectivity index (χ1n) is 9.44. The number of benzene rings is 1. The quantitative estimate of drug-likeness (QED) is 0.798. The van der Waals surface area contributed by atoms with E-state index in [1.54, 1.807) is 0 Å². The van der Waals surface area contributed by atoms with Crippen LogP contribution >= 0.6 is 0 Å². The van der Waals surface area contributed by atoms with Crippen molar-refractivity contribution in [1.82, 2.24) is 5.32 Å². The number of carbonyl (C=O) groups excluding carboxylic acids is 2. The molecule has 1 unspecified atom stereocenters. The summed E-state index contributed by atoms with van der Waals surface area (Å²) in [7, 11) is 0. The first-order valence-corrected chi connectivity index (χ1v) is 9.44. The Hall–Kier alpha value is -1.68. The molecule has 0 aromatic heterocycles. The van der Waals surface area contributed by atoms with Crippen molar-refractivity contribution in [1.29, 1.82) is 0 Å². The van der Waals surface area contributed by atoms with Gasteiger partial charge in [0, 0.05) is 6.61 Å². The van der Waals surface area contributed by atoms with E-state index < -0.39 is 11.5 Å². The summed E-state index contributed by atoms with van der Waals surface area (Å²) < 4.78 is 5.99. The van der Waals surface area contributed by atoms with E-state index in [2.05, 4.69) is 17.4 Å². The monoisotopic (exact) mass is 341 g/mol. The van der Waals surface area contributed by atoms with Gasteiger partial charge in [0.2, 0.25) is 5.91 Å². The Bertz CT molecular complexity index is 713. The molecule has 2 heterocycles. The third-order valence-electron chi connectivity index (χ3n) is 6.58. The largest absolute Gasteiger partial charge is 0.375 e. The molecule has 2 saturated heterocycles. The molecular formula is C21H27NO3. The van der Waals surface area contributed by atoms with Crippen molar-refractivity contribution in [2.45, 2.75) is 76.4 Å². The molecule has 1 saturated carbocycles. The highest BCUT2D eigenvalue weighted by Gasteiger charge is 2.57. The molecule has 1 amide bonds. The van der Waals surface area contributed by atoms with Crippen molar-refractivity contribution in [3.05, 3.63) is 34.4 Å². The summed E-state index contributed by atoms with van der Waals surface area (Å²) in [4.78, 5) is 26.2. The molecule has 1 aromatic carbocycles. The number of ether oxygens (including phenoxy) is 1. The van der Waals surface area contributed by atoms with Crippen molar-refractivity contribution in [3.63, 3.8) is 0 Å². The first-order chi connectivity index (χ1) is 11.9. The normalized spacial score (nSPS) is 34.9. The van der Waals surface area contributed by atoms with Gasteiger partial charge in [0.15, 0.2) is 5.78 Å². The third kappa shape index (κ3) is 2.53. The van der Waals surface area contributed by atoms with E-state index in [-0.39, 0.29) is 17.3 Å². The van der Waals surface area contributed by atoms with E-state index in [0.717, 1.165) is 54.5 Å². The van der Waals surface area contributed by atoms with E-state index in [0.29, 0.717) is 12.8 Å². The van der Waals surface area contributed by atoms with E-state index in [4.69, 9.17) is 4.74 Å². The number of aryl methyl sites for hydroxylation is 3. The maximum absolute atomic E-state index is 13.4. The van der Waals surface area contributed by atoms with Gasteiger partial charge in [-0.25, -0.2) is 0 Å². The second-order valence-electron chi connectivity index (χ2n) is 8.32. The lowest BCUT2D eigenvalue weighted by molar-refractivity contribution is -0.127. The molecule has 3 aliphatic rings. The van der Waals surface area contributed by atoms with Gasteiger partial charge in [0.05, 0.1) is 11.1 Å². The minimum Gasteiger partial charge on any atom is -0.375 e. The van der Waals surface area contributed by atoms with Gasteiger partial charge in [0.1, 0.15) is 5.92 Å². The van der Waals surface area contributed by atoms with Gasteiger partial charge in [-0.05, 0) is 76.0 Å². The second kappa shape index (κ2) is 5.66. The molecule has 2 spiro atoms. The zero-order valence-electron chi connectivity index (χ0n) is 15.4. The Morgan fingerprint density at radius 3 is 2.20 bits per heavy atom. The SMILES string of the molecule is Cc1cc(C)c(C2C(=O)NC3(CCC4(CCCO4)CC3)C2=O)c(C)c1. The molecule has 1 N–H and O–H groups in total. The molecule has 4 rings (SSSR count). The lowest BCUT2D eigenvalue weighted by Crippen LogP contribution is -2.52. The van der Waals surface area contributed by atoms with Gasteiger partial charge in [-0.3, -0.25) is 9.59 Å². The van der Waals surface area contributed by atoms with E-state index in [1.807, 2.05) is 20.8 Å². The summed E-state index contributed by atoms with van der Waals surface area (Å²) in [5.41, 5.74) is 3.43. The Labute approximate surface area is 149 Å². The molecule has 134 valence electrons. The third-order valence-corrected chi connectivity index (χ3v) is 6.58. The van der Waals surface area contributed by atoms with Gasteiger partial charge in [-0.1, -0.05) is 17.7 Å². The van der Waals surface area contributed by atoms with Crippen LogP contribution in [0.25, 0.3) is 0 Å². The molecule has 1 atom stereocenters. The molecule has 25 heavy (non-hydrogen) atoms. The van der Waals surface area contributed by atoms with Crippen LogP contribution in [0.1, 0.15) is 66.7 Å². The molecule has 4 heteroatoms. The van der Waals surface area contributed by atoms with Crippen LogP contribution < -0.4 is 5.32 Å². The minimum absolute atomic E-state index is 0.0377. The van der Waals surface area contributed by atoms with Crippen LogP contribution in [0.4, 0.5) is 0 Å². The van der Waals surface area contributed by atoms with Crippen LogP contribution in [0.2, 0.25) is 0 Å². The summed E-state index contributed by atoms with van der Waals surface area (Å²) in [6, 6.07) is 4.13. The summed E-state index contributed by atoms with van der Waals surface area (Å²) in [6.07, 6.45) is 5.35. The number of amides is 1. The van der Waals surface area contributed by atoms with Gasteiger partial charge >= 0.3 is 0 Å². The second-order valence-corrected chi connectivity index (χ2v) is 8.32. The molecule has 1 aliphatic carbocycles. The topological polar surface area (TPSA) is 55.4 Å². The van der Waals surface area contributed by atoms with Gasteiger partial charge in [0.25, 0.3) is 0 Å². The van der Waals surface area contributed by atoms with Crippen molar-refractivity contribution in [3.8, 4) is 0 Å². The van der Waals surface area contributed by atoms with Crippen molar-refractivity contribution in [2.24, 2.45) is 0 Å². The van der Waals surface area contributed by atoms with Crippen LogP contribution in [0.15, 0.2) is 12.1 Å². The van der Waals surface area contributed by atoms with Crippen molar-refractivity contribution < 1.29 is 14.3 Å². The Morgan fingerprint density at radius 2 is 1.64 bits per heavy atom. The van der Waals surface area contributed by atoms with Crippen molar-refractivity contribution in [2.75, 3.05) is 6.61 Å². The Morgan fingerprint density at radius 1 is 1.00 bits per heavy atom. The predicted octanol–water partition coefficient (Wildman–Crippen LogP) is 3.26. The fraction of sp³-hybridized carbons (Fsp3) is 0.619. The maximum Gasteiger partial charge on any atom is 0.235 e. The van der Waals surface area contributed by atoms with E-state index >= 15 is 0 Å². The highest BCUT2D eigenvalue weighted by atomic mass is 16.5. The Kier molecular flexibility index (Phi) is 3.80. The smallest absolute Gasteiger partial charge is 0.235 e. The molecule has 4 nitrogen and oxygen atoms in total. The number of nitrogens with one attached hydrogen (secondary N) is 1. The lowest BCUT2D eigenvalue weighted by Gasteiger charge is -2.41. The standard InChI is InChI=1S/C21H27NO3/c1-13-11-14(2)16(15(3)12-13)17-18(23)21(22-19(17)24)8-6-20(7-9-21)5-4-10-25-20/h11-12,17H,4-10H2,1-3H3,(H,22,24). The van der Waals surface area contributed by atoms with E-state index in [1.165, 1.54) is 0 Å². The predicted molar refractivity (Wildman–Crippen MR) is 95.7 cm³/mol. The number of hydrogen-bond donors (Lipinski definition) is 1. The summed E-state index contributed by atoms with van der Waals surface area (Å²) in [6.45, 7) is 6.88. The highest BCUT2D eigenvalue weighted by molar-refractivity contribution is 6.17. The zero-order valence-corrected chi connectivity index (χ0v) is 15.4. The van der Waals surface area contributed by atoms with Crippen LogP contribution in [0.5, 0.6) is 0 Å². The number of rotatable bonds is 1. The fourth-order valence-corrected chi connectivity index (χ4v) is 5.33. The van der Waals surface area contributed by atoms with Gasteiger partial charge in [-0.2, -0.15) is 0 Å². The van der Waals surface area contributed by atoms with Crippen molar-refractivity contribution >= 4 is 11.7 Å². The van der Waals surface area contributed by atoms with Crippen LogP contribution in [-0.2, 0) is 14.3 Å². The maximum atomic E-state index is 13.4. The van der Waals surface area contributed by atoms with Crippen LogP contribution in [0.3, 0.4) is 0 Å². The average molecular weight is 341 g/mol. The van der Waals surface area contributed by atoms with Gasteiger partial charge < -0.3 is 10.1 Å². The summed E-state index contributed by atoms with van der Waals surface area (Å²) in [5.74, 6) is -0.706. The molecule has 0 bridgehead atoms. The summed E-state index contributed by atoms with van der Waals surface area (Å²) in [5, 5.41) is 3.10. The molecular weight excluding hydrogens is 314 g/mol. The highest BCUT2D eigenvalue weighted by Crippen LogP contribution is 2.47. The molecule has 0 radical (unpaired) electrons. The van der Waals surface area contributed by atoms with E-state index in [9.17, 15) is 9.59 Å². The number of ketones is 1.